The molecule has 0 bridgehead atoms. The average molecular weight is 488 g/mol. The molecule has 0 saturated carbocycles. The first kappa shape index (κ1) is 27.5. The second-order valence-corrected chi connectivity index (χ2v) is 10.6. The van der Waals surface area contributed by atoms with Crippen molar-refractivity contribution >= 4 is 17.1 Å². The quantitative estimate of drug-likeness (QED) is 0.283. The third kappa shape index (κ3) is 8.25. The number of aromatic nitrogens is 4. The van der Waals surface area contributed by atoms with Gasteiger partial charge in [0.1, 0.15) is 0 Å². The van der Waals surface area contributed by atoms with Gasteiger partial charge in [-0.15, -0.1) is 0 Å². The summed E-state index contributed by atoms with van der Waals surface area (Å²) in [5, 5.41) is 0. The zero-order valence-electron chi connectivity index (χ0n) is 22.5. The predicted molar refractivity (Wildman–Crippen MR) is 147 cm³/mol. The Balaban J connectivity index is 1.45. The molecule has 1 aliphatic rings. The molecule has 1 aliphatic heterocycles. The van der Waals surface area contributed by atoms with Gasteiger partial charge in [0.25, 0.3) is 5.56 Å². The van der Waals surface area contributed by atoms with E-state index in [-0.39, 0.29) is 5.56 Å². The van der Waals surface area contributed by atoms with Crippen LogP contribution in [0.25, 0.3) is 11.2 Å². The molecule has 0 atom stereocenters. The van der Waals surface area contributed by atoms with E-state index in [9.17, 15) is 9.59 Å². The number of rotatable bonds is 16. The van der Waals surface area contributed by atoms with E-state index < -0.39 is 5.69 Å². The molecule has 1 N–H and O–H groups in total. The van der Waals surface area contributed by atoms with E-state index in [4.69, 9.17) is 4.98 Å². The summed E-state index contributed by atoms with van der Waals surface area (Å²) >= 11 is 0. The van der Waals surface area contributed by atoms with E-state index in [0.717, 1.165) is 44.8 Å². The molecule has 35 heavy (non-hydrogen) atoms. The first-order chi connectivity index (χ1) is 17.1. The van der Waals surface area contributed by atoms with Gasteiger partial charge in [0.2, 0.25) is 5.95 Å². The van der Waals surface area contributed by atoms with Crippen molar-refractivity contribution in [2.45, 2.75) is 129 Å². The van der Waals surface area contributed by atoms with Crippen LogP contribution in [0.1, 0.15) is 122 Å². The molecular formula is C28H49N5O2. The van der Waals surface area contributed by atoms with E-state index in [1.54, 1.807) is 7.05 Å². The number of fused-ring (bicyclic) bond motifs is 1. The van der Waals surface area contributed by atoms with Crippen LogP contribution in [0.15, 0.2) is 9.59 Å². The lowest BCUT2D eigenvalue weighted by Gasteiger charge is -2.22. The minimum absolute atomic E-state index is 0.318. The topological polar surface area (TPSA) is 75.9 Å². The summed E-state index contributed by atoms with van der Waals surface area (Å²) in [4.78, 5) is 34.5. The molecule has 0 spiro atoms. The molecule has 3 rings (SSSR count). The lowest BCUT2D eigenvalue weighted by molar-refractivity contribution is 0.525. The zero-order chi connectivity index (χ0) is 24.9. The van der Waals surface area contributed by atoms with Gasteiger partial charge < -0.3 is 9.47 Å². The highest BCUT2D eigenvalue weighted by Crippen LogP contribution is 2.23. The van der Waals surface area contributed by atoms with E-state index in [2.05, 4.69) is 21.4 Å². The summed E-state index contributed by atoms with van der Waals surface area (Å²) in [6.45, 7) is 4.99. The summed E-state index contributed by atoms with van der Waals surface area (Å²) < 4.78 is 3.55. The molecule has 0 unspecified atom stereocenters. The molecule has 0 aromatic carbocycles. The number of H-pyrrole nitrogens is 1. The minimum Gasteiger partial charge on any atom is -0.342 e. The highest BCUT2D eigenvalue weighted by molar-refractivity contribution is 5.74. The van der Waals surface area contributed by atoms with Crippen LogP contribution in [0.5, 0.6) is 0 Å². The largest absolute Gasteiger partial charge is 0.342 e. The van der Waals surface area contributed by atoms with Crippen LogP contribution in [0.2, 0.25) is 0 Å². The molecule has 3 heterocycles. The Labute approximate surface area is 211 Å². The number of nitrogens with one attached hydrogen (secondary N) is 1. The van der Waals surface area contributed by atoms with Crippen LogP contribution in [0, 0.1) is 0 Å². The Morgan fingerprint density at radius 3 is 1.80 bits per heavy atom. The highest BCUT2D eigenvalue weighted by atomic mass is 16.2. The van der Waals surface area contributed by atoms with Gasteiger partial charge in [0, 0.05) is 26.7 Å². The Kier molecular flexibility index (Phi) is 11.9. The maximum Gasteiger partial charge on any atom is 0.329 e. The number of hydrogen-bond acceptors (Lipinski definition) is 4. The molecule has 0 amide bonds. The van der Waals surface area contributed by atoms with Gasteiger partial charge in [-0.2, -0.15) is 4.98 Å². The highest BCUT2D eigenvalue weighted by Gasteiger charge is 2.22. The van der Waals surface area contributed by atoms with Crippen LogP contribution < -0.4 is 16.1 Å². The molecule has 0 radical (unpaired) electrons. The summed E-state index contributed by atoms with van der Waals surface area (Å²) in [6, 6.07) is 0. The molecule has 1 fully saturated rings. The van der Waals surface area contributed by atoms with Gasteiger partial charge >= 0.3 is 5.69 Å². The number of imidazole rings is 1. The van der Waals surface area contributed by atoms with Crippen LogP contribution in [-0.2, 0) is 13.6 Å². The first-order valence-corrected chi connectivity index (χ1v) is 14.6. The smallest absolute Gasteiger partial charge is 0.329 e. The second-order valence-electron chi connectivity index (χ2n) is 10.6. The molecule has 2 aromatic heterocycles. The normalized spacial score (nSPS) is 14.6. The van der Waals surface area contributed by atoms with Crippen molar-refractivity contribution in [2.75, 3.05) is 18.0 Å². The summed E-state index contributed by atoms with van der Waals surface area (Å²) in [5.74, 6) is 0.864. The van der Waals surface area contributed by atoms with E-state index in [0.29, 0.717) is 11.2 Å². The fourth-order valence-electron chi connectivity index (χ4n) is 5.41. The number of anilines is 1. The predicted octanol–water partition coefficient (Wildman–Crippen LogP) is 6.29. The van der Waals surface area contributed by atoms with Crippen molar-refractivity contribution in [1.82, 2.24) is 19.1 Å². The molecule has 0 aliphatic carbocycles. The van der Waals surface area contributed by atoms with Crippen molar-refractivity contribution in [2.24, 2.45) is 7.05 Å². The maximum absolute atomic E-state index is 12.7. The Morgan fingerprint density at radius 1 is 0.743 bits per heavy atom. The molecule has 2 aromatic rings. The van der Waals surface area contributed by atoms with Gasteiger partial charge in [-0.3, -0.25) is 14.3 Å². The summed E-state index contributed by atoms with van der Waals surface area (Å²) in [6.07, 6.45) is 23.4. The fourth-order valence-corrected chi connectivity index (χ4v) is 5.41. The number of hydrogen-bond donors (Lipinski definition) is 1. The van der Waals surface area contributed by atoms with Gasteiger partial charge in [-0.05, 0) is 19.3 Å². The summed E-state index contributed by atoms with van der Waals surface area (Å²) in [5.41, 5.74) is 0.331. The monoisotopic (exact) mass is 487 g/mol. The number of aryl methyl sites for hydroxylation is 2. The average Bonchev–Trinajstić information content (AvgIpc) is 3.03. The Morgan fingerprint density at radius 2 is 1.26 bits per heavy atom. The number of unbranched alkanes of at least 4 members (excludes halogenated alkanes) is 13. The van der Waals surface area contributed by atoms with E-state index in [1.807, 2.05) is 0 Å². The van der Waals surface area contributed by atoms with Gasteiger partial charge in [-0.25, -0.2) is 4.79 Å². The second kappa shape index (κ2) is 15.1. The Bertz CT molecular complexity index is 982. The van der Waals surface area contributed by atoms with Crippen LogP contribution >= 0.6 is 0 Å². The third-order valence-electron chi connectivity index (χ3n) is 7.61. The van der Waals surface area contributed by atoms with E-state index >= 15 is 0 Å². The van der Waals surface area contributed by atoms with Crippen molar-refractivity contribution in [3.63, 3.8) is 0 Å². The van der Waals surface area contributed by atoms with E-state index in [1.165, 1.54) is 101 Å². The number of nitrogens with zero attached hydrogens (tertiary/aromatic N) is 4. The zero-order valence-corrected chi connectivity index (χ0v) is 22.5. The molecule has 198 valence electrons. The van der Waals surface area contributed by atoms with Crippen molar-refractivity contribution in [3.8, 4) is 0 Å². The van der Waals surface area contributed by atoms with Crippen LogP contribution in [0.3, 0.4) is 0 Å². The van der Waals surface area contributed by atoms with Crippen molar-refractivity contribution in [1.29, 1.82) is 0 Å². The molecule has 1 saturated heterocycles. The third-order valence-corrected chi connectivity index (χ3v) is 7.61. The summed E-state index contributed by atoms with van der Waals surface area (Å²) in [7, 11) is 1.69. The van der Waals surface area contributed by atoms with Crippen LogP contribution in [-0.4, -0.2) is 32.2 Å². The van der Waals surface area contributed by atoms with Crippen molar-refractivity contribution < 1.29 is 0 Å². The van der Waals surface area contributed by atoms with Gasteiger partial charge in [-0.1, -0.05) is 103 Å². The first-order valence-electron chi connectivity index (χ1n) is 14.6. The van der Waals surface area contributed by atoms with Gasteiger partial charge in [0.15, 0.2) is 11.2 Å². The fraction of sp³-hybridized carbons (Fsp3) is 0.821. The molecular weight excluding hydrogens is 438 g/mol. The Hall–Kier alpha value is -2.05. The SMILES string of the molecule is CCCCCCCCCCCCCCCCn1c(N2CCCCCC2)nc2c1c(=O)[nH]c(=O)n2C. The number of aromatic amines is 1. The van der Waals surface area contributed by atoms with Gasteiger partial charge in [0.05, 0.1) is 0 Å². The molecule has 7 heteroatoms. The maximum atomic E-state index is 12.7. The standard InChI is InChI=1S/C28H49N5O2/c1-3-4-5-6-7-8-9-10-11-12-13-14-15-20-23-33-24-25(31(2)28(35)30-26(24)34)29-27(33)32-21-18-16-17-19-22-32/h3-23H2,1-2H3,(H,30,34,35). The van der Waals surface area contributed by atoms with Crippen LogP contribution in [0.4, 0.5) is 5.95 Å². The lowest BCUT2D eigenvalue weighted by atomic mass is 10.0. The van der Waals surface area contributed by atoms with Crippen molar-refractivity contribution in [3.05, 3.63) is 20.8 Å². The molecule has 7 nitrogen and oxygen atoms in total. The lowest BCUT2D eigenvalue weighted by Crippen LogP contribution is -2.30. The minimum atomic E-state index is -0.397.